The summed E-state index contributed by atoms with van der Waals surface area (Å²) in [5.74, 6) is -0.743. The Hall–Kier alpha value is -3.15. The van der Waals surface area contributed by atoms with Crippen LogP contribution < -0.4 is 5.73 Å². The van der Waals surface area contributed by atoms with E-state index in [0.29, 0.717) is 18.7 Å². The van der Waals surface area contributed by atoms with Gasteiger partial charge in [0.1, 0.15) is 11.7 Å². The number of primary amides is 1. The van der Waals surface area contributed by atoms with E-state index in [-0.39, 0.29) is 5.91 Å². The van der Waals surface area contributed by atoms with Gasteiger partial charge >= 0.3 is 0 Å². The Balaban J connectivity index is 1.77. The van der Waals surface area contributed by atoms with Crippen LogP contribution in [-0.4, -0.2) is 32.4 Å². The number of fused-ring (bicyclic) bond motifs is 2. The van der Waals surface area contributed by atoms with E-state index in [2.05, 4.69) is 5.10 Å². The average molecular weight is 320 g/mol. The lowest BCUT2D eigenvalue weighted by Gasteiger charge is -2.35. The third-order valence-corrected chi connectivity index (χ3v) is 4.48. The molecule has 3 heterocycles. The van der Waals surface area contributed by atoms with Gasteiger partial charge in [-0.2, -0.15) is 5.10 Å². The molecule has 2 amide bonds. The molecular weight excluding hydrogens is 304 g/mol. The van der Waals surface area contributed by atoms with Crippen LogP contribution in [0.2, 0.25) is 0 Å². The third kappa shape index (κ3) is 2.23. The van der Waals surface area contributed by atoms with E-state index < -0.39 is 11.9 Å². The lowest BCUT2D eigenvalue weighted by molar-refractivity contribution is -0.122. The van der Waals surface area contributed by atoms with Crippen molar-refractivity contribution in [2.75, 3.05) is 0 Å². The molecule has 2 N–H and O–H groups in total. The maximum atomic E-state index is 13.1. The van der Waals surface area contributed by atoms with Gasteiger partial charge in [0.05, 0.1) is 11.7 Å². The second kappa shape index (κ2) is 5.49. The Labute approximate surface area is 138 Å². The minimum atomic E-state index is -0.654. The van der Waals surface area contributed by atoms with Crippen molar-refractivity contribution in [2.24, 2.45) is 5.73 Å². The zero-order valence-electron chi connectivity index (χ0n) is 12.9. The summed E-state index contributed by atoms with van der Waals surface area (Å²) >= 11 is 0. The number of rotatable bonds is 2. The van der Waals surface area contributed by atoms with E-state index in [4.69, 9.17) is 5.73 Å². The van der Waals surface area contributed by atoms with Crippen molar-refractivity contribution in [3.8, 4) is 0 Å². The first-order valence-electron chi connectivity index (χ1n) is 7.75. The highest BCUT2D eigenvalue weighted by atomic mass is 16.2. The fraction of sp³-hybridized carbons (Fsp3) is 0.167. The molecule has 0 saturated heterocycles. The van der Waals surface area contributed by atoms with Crippen LogP contribution in [0.15, 0.2) is 54.7 Å². The van der Waals surface area contributed by atoms with E-state index in [0.717, 1.165) is 16.6 Å². The molecule has 6 heteroatoms. The van der Waals surface area contributed by atoms with Crippen molar-refractivity contribution in [1.82, 2.24) is 14.5 Å². The number of pyridine rings is 1. The van der Waals surface area contributed by atoms with E-state index in [1.807, 2.05) is 36.4 Å². The molecule has 0 spiro atoms. The fourth-order valence-electron chi connectivity index (χ4n) is 3.25. The summed E-state index contributed by atoms with van der Waals surface area (Å²) in [7, 11) is 0. The van der Waals surface area contributed by atoms with Crippen LogP contribution in [0.4, 0.5) is 0 Å². The minimum Gasteiger partial charge on any atom is -0.368 e. The Morgan fingerprint density at radius 1 is 1.04 bits per heavy atom. The maximum Gasteiger partial charge on any atom is 0.273 e. The molecule has 1 aliphatic heterocycles. The molecule has 1 aliphatic rings. The number of hydrogen-bond acceptors (Lipinski definition) is 3. The van der Waals surface area contributed by atoms with Crippen molar-refractivity contribution in [2.45, 2.75) is 19.0 Å². The van der Waals surface area contributed by atoms with Gasteiger partial charge in [-0.25, -0.2) is 4.52 Å². The monoisotopic (exact) mass is 320 g/mol. The third-order valence-electron chi connectivity index (χ3n) is 4.48. The normalized spacial score (nSPS) is 16.8. The van der Waals surface area contributed by atoms with Crippen LogP contribution >= 0.6 is 0 Å². The molecule has 0 saturated carbocycles. The predicted molar refractivity (Wildman–Crippen MR) is 88.2 cm³/mol. The van der Waals surface area contributed by atoms with Crippen LogP contribution in [0.1, 0.15) is 21.6 Å². The number of hydrogen-bond donors (Lipinski definition) is 1. The first kappa shape index (κ1) is 14.4. The highest BCUT2D eigenvalue weighted by Gasteiger charge is 2.34. The summed E-state index contributed by atoms with van der Waals surface area (Å²) < 4.78 is 1.58. The highest BCUT2D eigenvalue weighted by Crippen LogP contribution is 2.25. The quantitative estimate of drug-likeness (QED) is 0.775. The van der Waals surface area contributed by atoms with Crippen LogP contribution in [0, 0.1) is 0 Å². The smallest absolute Gasteiger partial charge is 0.273 e. The summed E-state index contributed by atoms with van der Waals surface area (Å²) in [6, 6.07) is 14.4. The summed E-state index contributed by atoms with van der Waals surface area (Å²) in [4.78, 5) is 26.6. The van der Waals surface area contributed by atoms with Crippen LogP contribution in [0.3, 0.4) is 0 Å². The summed E-state index contributed by atoms with van der Waals surface area (Å²) in [6.45, 7) is 0.361. The SMILES string of the molecule is NC(=O)C1Cc2ccccc2CN1C(=O)c1cccc2ccnn12. The fourth-order valence-corrected chi connectivity index (χ4v) is 3.25. The van der Waals surface area contributed by atoms with Crippen LogP contribution in [-0.2, 0) is 17.8 Å². The molecule has 24 heavy (non-hydrogen) atoms. The Morgan fingerprint density at radius 3 is 2.62 bits per heavy atom. The largest absolute Gasteiger partial charge is 0.368 e. The molecule has 0 aliphatic carbocycles. The van der Waals surface area contributed by atoms with Crippen molar-refractivity contribution >= 4 is 17.3 Å². The van der Waals surface area contributed by atoms with Crippen LogP contribution in [0.5, 0.6) is 0 Å². The topological polar surface area (TPSA) is 80.7 Å². The number of amides is 2. The number of aromatic nitrogens is 2. The Kier molecular flexibility index (Phi) is 3.30. The van der Waals surface area contributed by atoms with Gasteiger partial charge in [0.15, 0.2) is 0 Å². The van der Waals surface area contributed by atoms with Gasteiger partial charge in [0, 0.05) is 13.0 Å². The number of carbonyl (C=O) groups excluding carboxylic acids is 2. The molecule has 1 aromatic carbocycles. The standard InChI is InChI=1S/C18H16N4O2/c19-17(23)16-10-12-4-1-2-5-13(12)11-21(16)18(24)15-7-3-6-14-8-9-20-22(14)15/h1-9,16H,10-11H2,(H2,19,23). The zero-order chi connectivity index (χ0) is 16.7. The van der Waals surface area contributed by atoms with Gasteiger partial charge in [-0.15, -0.1) is 0 Å². The summed E-state index contributed by atoms with van der Waals surface area (Å²) in [5, 5.41) is 4.20. The molecule has 1 atom stereocenters. The van der Waals surface area contributed by atoms with Crippen molar-refractivity contribution in [3.05, 3.63) is 71.5 Å². The maximum absolute atomic E-state index is 13.1. The zero-order valence-corrected chi connectivity index (χ0v) is 12.9. The Bertz CT molecular complexity index is 947. The van der Waals surface area contributed by atoms with Crippen molar-refractivity contribution in [3.63, 3.8) is 0 Å². The Morgan fingerprint density at radius 2 is 1.83 bits per heavy atom. The van der Waals surface area contributed by atoms with Gasteiger partial charge in [-0.3, -0.25) is 9.59 Å². The molecule has 6 nitrogen and oxygen atoms in total. The number of carbonyl (C=O) groups is 2. The molecule has 0 bridgehead atoms. The lowest BCUT2D eigenvalue weighted by Crippen LogP contribution is -2.51. The van der Waals surface area contributed by atoms with Gasteiger partial charge in [0.25, 0.3) is 5.91 Å². The first-order valence-corrected chi connectivity index (χ1v) is 7.75. The predicted octanol–water partition coefficient (Wildman–Crippen LogP) is 1.39. The molecule has 1 unspecified atom stereocenters. The van der Waals surface area contributed by atoms with Gasteiger partial charge < -0.3 is 10.6 Å². The second-order valence-corrected chi connectivity index (χ2v) is 5.90. The van der Waals surface area contributed by atoms with Gasteiger partial charge in [-0.05, 0) is 29.3 Å². The second-order valence-electron chi connectivity index (χ2n) is 5.90. The molecule has 0 radical (unpaired) electrons. The van der Waals surface area contributed by atoms with Crippen molar-refractivity contribution < 1.29 is 9.59 Å². The average Bonchev–Trinajstić information content (AvgIpc) is 3.08. The summed E-state index contributed by atoms with van der Waals surface area (Å²) in [6.07, 6.45) is 2.08. The molecule has 4 rings (SSSR count). The van der Waals surface area contributed by atoms with Crippen LogP contribution in [0.25, 0.3) is 5.52 Å². The molecule has 120 valence electrons. The summed E-state index contributed by atoms with van der Waals surface area (Å²) in [5.41, 5.74) is 8.91. The van der Waals surface area contributed by atoms with Gasteiger partial charge in [-0.1, -0.05) is 30.3 Å². The molecule has 0 fully saturated rings. The van der Waals surface area contributed by atoms with Crippen molar-refractivity contribution in [1.29, 1.82) is 0 Å². The number of benzene rings is 1. The van der Waals surface area contributed by atoms with E-state index in [1.54, 1.807) is 27.7 Å². The van der Waals surface area contributed by atoms with Gasteiger partial charge in [0.2, 0.25) is 5.91 Å². The molecular formula is C18H16N4O2. The highest BCUT2D eigenvalue weighted by molar-refractivity contribution is 5.97. The van der Waals surface area contributed by atoms with E-state index in [9.17, 15) is 9.59 Å². The minimum absolute atomic E-state index is 0.248. The number of nitrogens with zero attached hydrogens (tertiary/aromatic N) is 3. The molecule has 3 aromatic rings. The van der Waals surface area contributed by atoms with E-state index >= 15 is 0 Å². The molecule has 2 aromatic heterocycles. The number of nitrogens with two attached hydrogens (primary N) is 1. The first-order chi connectivity index (χ1) is 11.6. The van der Waals surface area contributed by atoms with E-state index in [1.165, 1.54) is 0 Å². The lowest BCUT2D eigenvalue weighted by atomic mass is 9.93.